The highest BCUT2D eigenvalue weighted by Crippen LogP contribution is 2.14. The van der Waals surface area contributed by atoms with Crippen molar-refractivity contribution in [2.24, 2.45) is 0 Å². The molecular weight excluding hydrogens is 272 g/mol. The third-order valence-corrected chi connectivity index (χ3v) is 3.29. The molecule has 0 aliphatic heterocycles. The van der Waals surface area contributed by atoms with Gasteiger partial charge < -0.3 is 10.2 Å². The van der Waals surface area contributed by atoms with Crippen molar-refractivity contribution in [3.63, 3.8) is 0 Å². The Labute approximate surface area is 138 Å². The van der Waals surface area contributed by atoms with Gasteiger partial charge in [-0.3, -0.25) is 0 Å². The second-order valence-corrected chi connectivity index (χ2v) is 6.76. The van der Waals surface area contributed by atoms with Gasteiger partial charge in [-0.05, 0) is 67.2 Å². The van der Waals surface area contributed by atoms with Crippen molar-refractivity contribution >= 4 is 0 Å². The summed E-state index contributed by atoms with van der Waals surface area (Å²) in [6, 6.07) is 0. The standard InChI is InChI=1S/2C10H18O/c2*1-5-10(4,11)8-6-7-9(2)3/h2*5,7,11H,1,6,8H2,2-4H3/t2*10-/m00/s1. The predicted molar refractivity (Wildman–Crippen MR) is 99.0 cm³/mol. The van der Waals surface area contributed by atoms with E-state index in [9.17, 15) is 10.2 Å². The van der Waals surface area contributed by atoms with E-state index in [0.717, 1.165) is 25.7 Å². The summed E-state index contributed by atoms with van der Waals surface area (Å²) >= 11 is 0. The zero-order valence-electron chi connectivity index (χ0n) is 15.4. The summed E-state index contributed by atoms with van der Waals surface area (Å²) in [7, 11) is 0. The molecule has 2 heteroatoms. The van der Waals surface area contributed by atoms with Crippen molar-refractivity contribution in [1.82, 2.24) is 0 Å². The molecule has 0 fully saturated rings. The molecule has 2 nitrogen and oxygen atoms in total. The second kappa shape index (κ2) is 11.4. The lowest BCUT2D eigenvalue weighted by molar-refractivity contribution is 0.103. The Morgan fingerprint density at radius 2 is 1.05 bits per heavy atom. The van der Waals surface area contributed by atoms with Crippen LogP contribution in [0.5, 0.6) is 0 Å². The van der Waals surface area contributed by atoms with Crippen LogP contribution in [0.2, 0.25) is 0 Å². The van der Waals surface area contributed by atoms with Crippen LogP contribution in [0.4, 0.5) is 0 Å². The predicted octanol–water partition coefficient (Wildman–Crippen LogP) is 5.34. The van der Waals surface area contributed by atoms with Gasteiger partial charge in [0.15, 0.2) is 0 Å². The molecule has 0 saturated carbocycles. The fraction of sp³-hybridized carbons (Fsp3) is 0.600. The zero-order chi connectivity index (χ0) is 17.8. The summed E-state index contributed by atoms with van der Waals surface area (Å²) in [5.41, 5.74) is 1.19. The maximum atomic E-state index is 9.49. The number of allylic oxidation sites excluding steroid dienone is 4. The molecule has 0 aliphatic rings. The van der Waals surface area contributed by atoms with Crippen molar-refractivity contribution < 1.29 is 10.2 Å². The molecule has 0 spiro atoms. The van der Waals surface area contributed by atoms with Crippen LogP contribution in [0.1, 0.15) is 67.2 Å². The minimum Gasteiger partial charge on any atom is -0.386 e. The highest BCUT2D eigenvalue weighted by atomic mass is 16.3. The van der Waals surface area contributed by atoms with Crippen LogP contribution in [-0.2, 0) is 0 Å². The molecule has 0 bridgehead atoms. The third kappa shape index (κ3) is 16.9. The van der Waals surface area contributed by atoms with Gasteiger partial charge in [-0.15, -0.1) is 13.2 Å². The smallest absolute Gasteiger partial charge is 0.0800 e. The van der Waals surface area contributed by atoms with Gasteiger partial charge in [0.25, 0.3) is 0 Å². The van der Waals surface area contributed by atoms with Crippen LogP contribution in [0.3, 0.4) is 0 Å². The molecule has 2 N–H and O–H groups in total. The van der Waals surface area contributed by atoms with Crippen LogP contribution >= 0.6 is 0 Å². The fourth-order valence-corrected chi connectivity index (χ4v) is 1.51. The van der Waals surface area contributed by atoms with Gasteiger partial charge in [-0.1, -0.05) is 35.5 Å². The fourth-order valence-electron chi connectivity index (χ4n) is 1.51. The first-order valence-electron chi connectivity index (χ1n) is 7.94. The van der Waals surface area contributed by atoms with E-state index >= 15 is 0 Å². The maximum Gasteiger partial charge on any atom is 0.0800 e. The lowest BCUT2D eigenvalue weighted by atomic mass is 10.00. The van der Waals surface area contributed by atoms with E-state index in [0.29, 0.717) is 0 Å². The van der Waals surface area contributed by atoms with Crippen LogP contribution in [-0.4, -0.2) is 21.4 Å². The first-order valence-corrected chi connectivity index (χ1v) is 7.94. The Balaban J connectivity index is 0. The Kier molecular flexibility index (Phi) is 12.0. The van der Waals surface area contributed by atoms with Gasteiger partial charge in [-0.25, -0.2) is 0 Å². The molecule has 0 heterocycles. The number of hydrogen-bond acceptors (Lipinski definition) is 2. The van der Waals surface area contributed by atoms with Gasteiger partial charge in [0.1, 0.15) is 0 Å². The van der Waals surface area contributed by atoms with Gasteiger partial charge in [0.2, 0.25) is 0 Å². The van der Waals surface area contributed by atoms with Gasteiger partial charge in [0.05, 0.1) is 11.2 Å². The molecule has 0 saturated heterocycles. The summed E-state index contributed by atoms with van der Waals surface area (Å²) in [5, 5.41) is 19.0. The minimum atomic E-state index is -0.702. The number of rotatable bonds is 8. The maximum absolute atomic E-state index is 9.49. The van der Waals surface area contributed by atoms with E-state index in [1.807, 2.05) is 0 Å². The van der Waals surface area contributed by atoms with Crippen LogP contribution in [0, 0.1) is 0 Å². The lowest BCUT2D eigenvalue weighted by Gasteiger charge is -2.16. The summed E-state index contributed by atoms with van der Waals surface area (Å²) < 4.78 is 0. The van der Waals surface area contributed by atoms with E-state index < -0.39 is 11.2 Å². The van der Waals surface area contributed by atoms with Crippen molar-refractivity contribution in [3.05, 3.63) is 48.6 Å². The zero-order valence-corrected chi connectivity index (χ0v) is 15.4. The van der Waals surface area contributed by atoms with Crippen LogP contribution in [0.25, 0.3) is 0 Å². The number of hydrogen-bond donors (Lipinski definition) is 2. The Morgan fingerprint density at radius 3 is 1.23 bits per heavy atom. The van der Waals surface area contributed by atoms with Crippen molar-refractivity contribution in [1.29, 1.82) is 0 Å². The molecule has 0 aromatic heterocycles. The number of aliphatic hydroxyl groups is 2. The highest BCUT2D eigenvalue weighted by Gasteiger charge is 2.13. The quantitative estimate of drug-likeness (QED) is 0.594. The molecule has 0 aromatic rings. The Bertz CT molecular complexity index is 339. The molecule has 0 amide bonds. The van der Waals surface area contributed by atoms with E-state index in [-0.39, 0.29) is 0 Å². The molecule has 2 atom stereocenters. The summed E-state index contributed by atoms with van der Waals surface area (Å²) in [6.07, 6.45) is 10.8. The SMILES string of the molecule is C=C[C@](C)(O)CCC=C(C)C.C=C[C@](C)(O)CCC=C(C)C. The van der Waals surface area contributed by atoms with Crippen molar-refractivity contribution in [3.8, 4) is 0 Å². The lowest BCUT2D eigenvalue weighted by Crippen LogP contribution is -2.19. The largest absolute Gasteiger partial charge is 0.386 e. The molecule has 0 unspecified atom stereocenters. The van der Waals surface area contributed by atoms with E-state index in [2.05, 4.69) is 53.0 Å². The van der Waals surface area contributed by atoms with Crippen LogP contribution in [0.15, 0.2) is 48.6 Å². The van der Waals surface area contributed by atoms with Crippen molar-refractivity contribution in [2.45, 2.75) is 78.4 Å². The van der Waals surface area contributed by atoms with Gasteiger partial charge in [-0.2, -0.15) is 0 Å². The molecular formula is C20H36O2. The molecule has 128 valence electrons. The monoisotopic (exact) mass is 308 g/mol. The van der Waals surface area contributed by atoms with Crippen LogP contribution < -0.4 is 0 Å². The molecule has 0 aromatic carbocycles. The van der Waals surface area contributed by atoms with Gasteiger partial charge in [0, 0.05) is 0 Å². The Hall–Kier alpha value is -1.12. The van der Waals surface area contributed by atoms with E-state index in [4.69, 9.17) is 0 Å². The topological polar surface area (TPSA) is 40.5 Å². The molecule has 0 rings (SSSR count). The molecule has 22 heavy (non-hydrogen) atoms. The highest BCUT2D eigenvalue weighted by molar-refractivity contribution is 4.98. The normalized spacial score (nSPS) is 15.3. The van der Waals surface area contributed by atoms with Crippen molar-refractivity contribution in [2.75, 3.05) is 0 Å². The average Bonchev–Trinajstić information content (AvgIpc) is 2.38. The molecule has 0 aliphatic carbocycles. The van der Waals surface area contributed by atoms with E-state index in [1.165, 1.54) is 11.1 Å². The second-order valence-electron chi connectivity index (χ2n) is 6.76. The third-order valence-electron chi connectivity index (χ3n) is 3.29. The van der Waals surface area contributed by atoms with Gasteiger partial charge >= 0.3 is 0 Å². The summed E-state index contributed by atoms with van der Waals surface area (Å²) in [5.74, 6) is 0. The first kappa shape index (κ1) is 23.2. The molecule has 0 radical (unpaired) electrons. The summed E-state index contributed by atoms with van der Waals surface area (Å²) in [6.45, 7) is 18.9. The van der Waals surface area contributed by atoms with E-state index in [1.54, 1.807) is 26.0 Å². The first-order chi connectivity index (χ1) is 9.95. The Morgan fingerprint density at radius 1 is 0.773 bits per heavy atom. The summed E-state index contributed by atoms with van der Waals surface area (Å²) in [4.78, 5) is 0. The minimum absolute atomic E-state index is 0.702. The average molecular weight is 309 g/mol.